The zero-order chi connectivity index (χ0) is 29.6. The van der Waals surface area contributed by atoms with Crippen LogP contribution >= 0.6 is 7.82 Å². The van der Waals surface area contributed by atoms with Gasteiger partial charge in [-0.15, -0.1) is 0 Å². The average Bonchev–Trinajstić information content (AvgIpc) is 2.91. The highest BCUT2D eigenvalue weighted by molar-refractivity contribution is 7.48. The summed E-state index contributed by atoms with van der Waals surface area (Å²) in [5, 5.41) is 0. The molecule has 7 heteroatoms. The smallest absolute Gasteiger partial charge is 0.395 e. The van der Waals surface area contributed by atoms with E-state index in [1.165, 1.54) is 0 Å². The van der Waals surface area contributed by atoms with Crippen LogP contribution in [-0.4, -0.2) is 16.5 Å². The van der Waals surface area contributed by atoms with E-state index in [1.807, 2.05) is 64.1 Å². The van der Waals surface area contributed by atoms with E-state index in [0.29, 0.717) is 25.7 Å². The molecule has 0 amide bonds. The molecule has 6 nitrogen and oxygen atoms in total. The van der Waals surface area contributed by atoms with Gasteiger partial charge in [0.25, 0.3) is 0 Å². The average molecular weight is 571 g/mol. The fraction of sp³-hybridized carbons (Fsp3) is 0.235. The molecule has 0 spiro atoms. The van der Waals surface area contributed by atoms with Crippen LogP contribution in [0.4, 0.5) is 0 Å². The number of rotatable bonds is 12. The number of Topliss-reactive ketones (excluding diaryl/α,β-unsaturated/α-hetero) is 2. The van der Waals surface area contributed by atoms with Gasteiger partial charge in [-0.05, 0) is 87.1 Å². The molecule has 0 atom stereocenters. The fourth-order valence-electron chi connectivity index (χ4n) is 4.76. The minimum absolute atomic E-state index is 0.0788. The highest BCUT2D eigenvalue weighted by atomic mass is 31.2. The van der Waals surface area contributed by atoms with Crippen molar-refractivity contribution in [3.8, 4) is 11.5 Å². The van der Waals surface area contributed by atoms with E-state index in [2.05, 4.69) is 0 Å². The number of hydrogen-bond acceptors (Lipinski definition) is 5. The number of carbonyl (C=O) groups excluding carboxylic acids is 2. The first-order valence-electron chi connectivity index (χ1n) is 13.6. The van der Waals surface area contributed by atoms with Crippen LogP contribution < -0.4 is 9.05 Å². The molecule has 0 radical (unpaired) electrons. The Morgan fingerprint density at radius 2 is 0.976 bits per heavy atom. The number of aryl methyl sites for hydroxylation is 6. The number of phosphoric acid groups is 1. The third-order valence-corrected chi connectivity index (χ3v) is 7.82. The third kappa shape index (κ3) is 8.50. The summed E-state index contributed by atoms with van der Waals surface area (Å²) in [5.74, 6) is 0.522. The summed E-state index contributed by atoms with van der Waals surface area (Å²) in [4.78, 5) is 35.5. The van der Waals surface area contributed by atoms with Crippen LogP contribution in [0.1, 0.15) is 66.9 Å². The summed E-state index contributed by atoms with van der Waals surface area (Å²) >= 11 is 0. The number of ketones is 2. The zero-order valence-electron chi connectivity index (χ0n) is 23.8. The normalized spacial score (nSPS) is 11.2. The highest BCUT2D eigenvalue weighted by Crippen LogP contribution is 2.44. The topological polar surface area (TPSA) is 89.9 Å². The number of phosphoric ester groups is 1. The van der Waals surface area contributed by atoms with Crippen molar-refractivity contribution in [3.63, 3.8) is 0 Å². The van der Waals surface area contributed by atoms with Gasteiger partial charge in [0.1, 0.15) is 11.5 Å². The van der Waals surface area contributed by atoms with E-state index in [0.717, 1.165) is 44.5 Å². The maximum Gasteiger partial charge on any atom is 0.584 e. The summed E-state index contributed by atoms with van der Waals surface area (Å²) in [5.41, 5.74) is 7.46. The molecule has 0 unspecified atom stereocenters. The summed E-state index contributed by atoms with van der Waals surface area (Å²) in [7, 11) is -4.44. The van der Waals surface area contributed by atoms with Gasteiger partial charge in [-0.25, -0.2) is 4.57 Å². The zero-order valence-corrected chi connectivity index (χ0v) is 24.7. The minimum Gasteiger partial charge on any atom is -0.395 e. The largest absolute Gasteiger partial charge is 0.584 e. The molecule has 1 N–H and O–H groups in total. The van der Waals surface area contributed by atoms with Crippen molar-refractivity contribution < 1.29 is 28.1 Å². The van der Waals surface area contributed by atoms with Gasteiger partial charge < -0.3 is 9.05 Å². The minimum atomic E-state index is -4.44. The van der Waals surface area contributed by atoms with Crippen LogP contribution in [0.25, 0.3) is 0 Å². The van der Waals surface area contributed by atoms with E-state index >= 15 is 0 Å². The second-order valence-corrected chi connectivity index (χ2v) is 11.7. The Labute approximate surface area is 241 Å². The van der Waals surface area contributed by atoms with Gasteiger partial charge in [0.2, 0.25) is 0 Å². The SMILES string of the molecule is Cc1ccc(C(=O)CCc2ccc(OP(=O)(O)Oc3ccc(CCC(=O)c4ccc(C)cc4C)cc3)cc2)c(C)c1. The molecule has 0 saturated carbocycles. The van der Waals surface area contributed by atoms with Crippen molar-refractivity contribution >= 4 is 19.4 Å². The standard InChI is InChI=1S/C34H35O6P/c1-23-5-17-31(25(3)21-23)33(35)19-11-27-7-13-29(14-8-27)39-41(37,38)40-30-15-9-28(10-16-30)12-20-34(36)32-18-6-24(2)22-26(32)4/h5-10,13-18,21-22H,11-12,19-20H2,1-4H3,(H,37,38). The summed E-state index contributed by atoms with van der Waals surface area (Å²) in [6.07, 6.45) is 1.81. The molecule has 4 rings (SSSR count). The van der Waals surface area contributed by atoms with E-state index in [-0.39, 0.29) is 23.1 Å². The lowest BCUT2D eigenvalue weighted by Crippen LogP contribution is -2.04. The first-order valence-corrected chi connectivity index (χ1v) is 15.1. The van der Waals surface area contributed by atoms with Gasteiger partial charge in [-0.2, -0.15) is 0 Å². The Balaban J connectivity index is 1.27. The van der Waals surface area contributed by atoms with Crippen LogP contribution in [0.3, 0.4) is 0 Å². The Morgan fingerprint density at radius 3 is 1.32 bits per heavy atom. The molecule has 0 fully saturated rings. The number of carbonyl (C=O) groups is 2. The maximum atomic E-state index is 12.6. The second-order valence-electron chi connectivity index (χ2n) is 10.4. The van der Waals surface area contributed by atoms with Gasteiger partial charge in [-0.1, -0.05) is 71.8 Å². The summed E-state index contributed by atoms with van der Waals surface area (Å²) in [6.45, 7) is 7.87. The molecule has 0 aliphatic heterocycles. The monoisotopic (exact) mass is 570 g/mol. The number of benzene rings is 4. The summed E-state index contributed by atoms with van der Waals surface area (Å²) in [6, 6.07) is 25.0. The Morgan fingerprint density at radius 1 is 0.610 bits per heavy atom. The summed E-state index contributed by atoms with van der Waals surface area (Å²) < 4.78 is 23.1. The van der Waals surface area contributed by atoms with Crippen LogP contribution in [0, 0.1) is 27.7 Å². The lowest BCUT2D eigenvalue weighted by atomic mass is 9.98. The molecular formula is C34H35O6P. The van der Waals surface area contributed by atoms with Crippen molar-refractivity contribution in [2.75, 3.05) is 0 Å². The first kappa shape index (κ1) is 30.0. The van der Waals surface area contributed by atoms with Crippen molar-refractivity contribution in [1.29, 1.82) is 0 Å². The Bertz CT molecular complexity index is 1470. The predicted octanol–water partition coefficient (Wildman–Crippen LogP) is 8.11. The van der Waals surface area contributed by atoms with E-state index < -0.39 is 7.82 Å². The third-order valence-electron chi connectivity index (χ3n) is 6.93. The molecule has 4 aromatic carbocycles. The highest BCUT2D eigenvalue weighted by Gasteiger charge is 2.25. The molecule has 0 bridgehead atoms. The second kappa shape index (κ2) is 13.1. The van der Waals surface area contributed by atoms with Crippen molar-refractivity contribution in [3.05, 3.63) is 129 Å². The molecule has 0 heterocycles. The molecule has 4 aromatic rings. The number of hydrogen-bond donors (Lipinski definition) is 1. The van der Waals surface area contributed by atoms with Gasteiger partial charge in [0, 0.05) is 24.0 Å². The van der Waals surface area contributed by atoms with E-state index in [9.17, 15) is 19.0 Å². The van der Waals surface area contributed by atoms with Gasteiger partial charge >= 0.3 is 7.82 Å². The Kier molecular flexibility index (Phi) is 9.59. The van der Waals surface area contributed by atoms with Gasteiger partial charge in [0.05, 0.1) is 0 Å². The van der Waals surface area contributed by atoms with Gasteiger partial charge in [0.15, 0.2) is 11.6 Å². The van der Waals surface area contributed by atoms with Crippen LogP contribution in [-0.2, 0) is 17.4 Å². The fourth-order valence-corrected chi connectivity index (χ4v) is 5.57. The van der Waals surface area contributed by atoms with E-state index in [1.54, 1.807) is 48.5 Å². The molecule has 0 aromatic heterocycles. The van der Waals surface area contributed by atoms with Crippen LogP contribution in [0.5, 0.6) is 11.5 Å². The van der Waals surface area contributed by atoms with Gasteiger partial charge in [-0.3, -0.25) is 14.5 Å². The Hall–Kier alpha value is -3.99. The molecule has 0 aliphatic carbocycles. The van der Waals surface area contributed by atoms with Crippen molar-refractivity contribution in [2.45, 2.75) is 53.4 Å². The quantitative estimate of drug-likeness (QED) is 0.137. The lowest BCUT2D eigenvalue weighted by molar-refractivity contribution is 0.0974. The van der Waals surface area contributed by atoms with Crippen LogP contribution in [0.15, 0.2) is 84.9 Å². The van der Waals surface area contributed by atoms with Crippen LogP contribution in [0.2, 0.25) is 0 Å². The molecule has 212 valence electrons. The van der Waals surface area contributed by atoms with Crippen molar-refractivity contribution in [1.82, 2.24) is 0 Å². The molecule has 0 aliphatic rings. The lowest BCUT2D eigenvalue weighted by Gasteiger charge is -2.14. The molecular weight excluding hydrogens is 535 g/mol. The molecule has 0 saturated heterocycles. The first-order chi connectivity index (χ1) is 19.5. The molecule has 41 heavy (non-hydrogen) atoms. The maximum absolute atomic E-state index is 12.6. The van der Waals surface area contributed by atoms with E-state index in [4.69, 9.17) is 9.05 Å². The van der Waals surface area contributed by atoms with Crippen molar-refractivity contribution in [2.24, 2.45) is 0 Å². The predicted molar refractivity (Wildman–Crippen MR) is 161 cm³/mol.